The summed E-state index contributed by atoms with van der Waals surface area (Å²) in [4.78, 5) is 24.4. The lowest BCUT2D eigenvalue weighted by molar-refractivity contribution is -0.143. The number of aliphatic hydroxyl groups is 2. The van der Waals surface area contributed by atoms with Crippen molar-refractivity contribution in [3.8, 4) is 0 Å². The Morgan fingerprint density at radius 1 is 0.452 bits per heavy atom. The van der Waals surface area contributed by atoms with Crippen LogP contribution in [0.5, 0.6) is 0 Å². The minimum atomic E-state index is -0.675. The maximum Gasteiger partial charge on any atom is 0.305 e. The van der Waals surface area contributed by atoms with E-state index in [-0.39, 0.29) is 18.5 Å². The molecule has 1 amide bonds. The third-order valence-electron chi connectivity index (χ3n) is 12.4. The maximum atomic E-state index is 12.5. The molecule has 0 saturated carbocycles. The second-order valence-electron chi connectivity index (χ2n) is 18.6. The summed E-state index contributed by atoms with van der Waals surface area (Å²) in [5, 5.41) is 23.2. The van der Waals surface area contributed by atoms with Gasteiger partial charge in [-0.15, -0.1) is 0 Å². The smallest absolute Gasteiger partial charge is 0.305 e. The molecule has 2 atom stereocenters. The molecule has 0 fully saturated rings. The molecule has 0 spiro atoms. The Balaban J connectivity index is 3.52. The molecule has 0 aromatic heterocycles. The number of amides is 1. The largest absolute Gasteiger partial charge is 0.466 e. The Morgan fingerprint density at radius 2 is 0.806 bits per heavy atom. The van der Waals surface area contributed by atoms with Gasteiger partial charge in [-0.3, -0.25) is 9.59 Å². The van der Waals surface area contributed by atoms with Crippen molar-refractivity contribution in [2.45, 2.75) is 296 Å². The van der Waals surface area contributed by atoms with Gasteiger partial charge < -0.3 is 20.3 Å². The molecular formula is C56H105NO5. The highest BCUT2D eigenvalue weighted by molar-refractivity contribution is 5.76. The summed E-state index contributed by atoms with van der Waals surface area (Å²) in [5.41, 5.74) is 0. The number of nitrogens with one attached hydrogen (secondary N) is 1. The van der Waals surface area contributed by atoms with Crippen LogP contribution in [0, 0.1) is 0 Å². The molecule has 3 N–H and O–H groups in total. The summed E-state index contributed by atoms with van der Waals surface area (Å²) in [6, 6.07) is -0.554. The molecule has 2 unspecified atom stereocenters. The number of allylic oxidation sites excluding steroid dienone is 6. The van der Waals surface area contributed by atoms with Crippen LogP contribution >= 0.6 is 0 Å². The number of ether oxygens (including phenoxy) is 1. The van der Waals surface area contributed by atoms with Crippen molar-refractivity contribution in [1.29, 1.82) is 0 Å². The lowest BCUT2D eigenvalue weighted by Crippen LogP contribution is -2.45. The number of hydrogen-bond donors (Lipinski definition) is 3. The molecule has 0 aliphatic heterocycles. The van der Waals surface area contributed by atoms with Gasteiger partial charge in [0.25, 0.3) is 0 Å². The van der Waals surface area contributed by atoms with Crippen molar-refractivity contribution in [1.82, 2.24) is 5.32 Å². The molecule has 0 saturated heterocycles. The molecule has 0 aromatic carbocycles. The van der Waals surface area contributed by atoms with E-state index in [0.717, 1.165) is 83.5 Å². The fraction of sp³-hybridized carbons (Fsp3) is 0.857. The van der Waals surface area contributed by atoms with Crippen molar-refractivity contribution >= 4 is 11.9 Å². The zero-order valence-electron chi connectivity index (χ0n) is 41.4. The highest BCUT2D eigenvalue weighted by Gasteiger charge is 2.20. The van der Waals surface area contributed by atoms with E-state index < -0.39 is 12.1 Å². The standard InChI is InChI=1S/C56H105NO5/c1-3-5-7-9-11-13-15-17-18-22-25-28-32-36-40-44-48-54(59)53(52-58)57-55(60)49-45-41-37-33-29-26-23-20-19-21-24-27-31-35-39-43-47-51-62-56(61)50-46-42-38-34-30-16-14-12-10-8-6-4-2/h12,14,19,21,27,31,53-54,58-59H,3-11,13,15-18,20,22-26,28-30,32-52H2,1-2H3,(H,57,60)/b14-12-,21-19-,31-27-. The third-order valence-corrected chi connectivity index (χ3v) is 12.4. The summed E-state index contributed by atoms with van der Waals surface area (Å²) >= 11 is 0. The number of carbonyl (C=O) groups is 2. The Kier molecular flexibility index (Phi) is 50.1. The van der Waals surface area contributed by atoms with Crippen LogP contribution in [0.15, 0.2) is 36.5 Å². The fourth-order valence-electron chi connectivity index (χ4n) is 8.19. The van der Waals surface area contributed by atoms with Crippen molar-refractivity contribution < 1.29 is 24.5 Å². The summed E-state index contributed by atoms with van der Waals surface area (Å²) in [7, 11) is 0. The van der Waals surface area contributed by atoms with Crippen LogP contribution in [-0.4, -0.2) is 47.4 Å². The predicted octanol–water partition coefficient (Wildman–Crippen LogP) is 16.5. The summed E-state index contributed by atoms with van der Waals surface area (Å²) in [6.45, 7) is 4.88. The van der Waals surface area contributed by atoms with Crippen LogP contribution in [0.2, 0.25) is 0 Å². The molecule has 0 aliphatic carbocycles. The number of unbranched alkanes of at least 4 members (excludes halogenated alkanes) is 33. The van der Waals surface area contributed by atoms with E-state index in [1.165, 1.54) is 167 Å². The molecule has 0 radical (unpaired) electrons. The Morgan fingerprint density at radius 3 is 1.27 bits per heavy atom. The Bertz CT molecular complexity index is 1010. The van der Waals surface area contributed by atoms with Gasteiger partial charge in [-0.05, 0) is 89.9 Å². The number of hydrogen-bond acceptors (Lipinski definition) is 5. The molecular weight excluding hydrogens is 767 g/mol. The van der Waals surface area contributed by atoms with E-state index in [1.54, 1.807) is 0 Å². The van der Waals surface area contributed by atoms with Gasteiger partial charge in [0.2, 0.25) is 5.91 Å². The molecule has 0 heterocycles. The average Bonchev–Trinajstić information content (AvgIpc) is 3.27. The Hall–Kier alpha value is -1.92. The maximum absolute atomic E-state index is 12.5. The van der Waals surface area contributed by atoms with E-state index in [0.29, 0.717) is 25.9 Å². The van der Waals surface area contributed by atoms with E-state index in [4.69, 9.17) is 4.74 Å². The van der Waals surface area contributed by atoms with E-state index in [1.807, 2.05) is 0 Å². The number of esters is 1. The SMILES string of the molecule is CCCCC/C=C\CCCCCCCC(=O)OCCCCC/C=C\C/C=C\CCCCCCCCCC(=O)NC(CO)C(O)CCCCCCCCCCCCCCCCCC. The summed E-state index contributed by atoms with van der Waals surface area (Å²) in [6.07, 6.45) is 62.6. The minimum Gasteiger partial charge on any atom is -0.466 e. The van der Waals surface area contributed by atoms with Crippen molar-refractivity contribution in [2.75, 3.05) is 13.2 Å². The first kappa shape index (κ1) is 60.1. The monoisotopic (exact) mass is 872 g/mol. The van der Waals surface area contributed by atoms with Gasteiger partial charge in [0.1, 0.15) is 0 Å². The Labute approximate surface area is 385 Å². The second kappa shape index (κ2) is 51.7. The highest BCUT2D eigenvalue weighted by Crippen LogP contribution is 2.16. The minimum absolute atomic E-state index is 0.0258. The summed E-state index contributed by atoms with van der Waals surface area (Å²) < 4.78 is 5.43. The molecule has 0 bridgehead atoms. The zero-order chi connectivity index (χ0) is 45.1. The lowest BCUT2D eigenvalue weighted by atomic mass is 10.0. The van der Waals surface area contributed by atoms with Crippen molar-refractivity contribution in [3.05, 3.63) is 36.5 Å². The zero-order valence-corrected chi connectivity index (χ0v) is 41.4. The molecule has 6 nitrogen and oxygen atoms in total. The fourth-order valence-corrected chi connectivity index (χ4v) is 8.19. The lowest BCUT2D eigenvalue weighted by Gasteiger charge is -2.22. The van der Waals surface area contributed by atoms with Gasteiger partial charge in [-0.1, -0.05) is 217 Å². The molecule has 6 heteroatoms. The van der Waals surface area contributed by atoms with E-state index in [2.05, 4.69) is 55.6 Å². The molecule has 364 valence electrons. The highest BCUT2D eigenvalue weighted by atomic mass is 16.5. The molecule has 0 rings (SSSR count). The topological polar surface area (TPSA) is 95.9 Å². The van der Waals surface area contributed by atoms with Gasteiger partial charge in [0, 0.05) is 12.8 Å². The second-order valence-corrected chi connectivity index (χ2v) is 18.6. The third kappa shape index (κ3) is 47.6. The van der Waals surface area contributed by atoms with Crippen LogP contribution in [0.3, 0.4) is 0 Å². The normalized spacial score (nSPS) is 12.9. The van der Waals surface area contributed by atoms with Gasteiger partial charge in [0.15, 0.2) is 0 Å². The summed E-state index contributed by atoms with van der Waals surface area (Å²) in [5.74, 6) is -0.0766. The number of aliphatic hydroxyl groups excluding tert-OH is 2. The van der Waals surface area contributed by atoms with Gasteiger partial charge in [-0.25, -0.2) is 0 Å². The molecule has 0 aliphatic rings. The van der Waals surface area contributed by atoms with E-state index in [9.17, 15) is 19.8 Å². The first-order valence-corrected chi connectivity index (χ1v) is 27.2. The first-order chi connectivity index (χ1) is 30.5. The van der Waals surface area contributed by atoms with Crippen LogP contribution in [0.1, 0.15) is 284 Å². The quantitative estimate of drug-likeness (QED) is 0.0321. The first-order valence-electron chi connectivity index (χ1n) is 27.2. The number of carbonyl (C=O) groups excluding carboxylic acids is 2. The molecule has 0 aromatic rings. The average molecular weight is 872 g/mol. The van der Waals surface area contributed by atoms with Crippen molar-refractivity contribution in [3.63, 3.8) is 0 Å². The number of rotatable bonds is 50. The van der Waals surface area contributed by atoms with Gasteiger partial charge >= 0.3 is 5.97 Å². The van der Waals surface area contributed by atoms with Crippen LogP contribution in [0.4, 0.5) is 0 Å². The van der Waals surface area contributed by atoms with Gasteiger partial charge in [-0.2, -0.15) is 0 Å². The van der Waals surface area contributed by atoms with E-state index >= 15 is 0 Å². The molecule has 62 heavy (non-hydrogen) atoms. The van der Waals surface area contributed by atoms with Crippen LogP contribution in [-0.2, 0) is 14.3 Å². The van der Waals surface area contributed by atoms with Crippen molar-refractivity contribution in [2.24, 2.45) is 0 Å². The van der Waals surface area contributed by atoms with Crippen LogP contribution in [0.25, 0.3) is 0 Å². The predicted molar refractivity (Wildman–Crippen MR) is 269 cm³/mol. The van der Waals surface area contributed by atoms with Crippen LogP contribution < -0.4 is 5.32 Å². The van der Waals surface area contributed by atoms with Gasteiger partial charge in [0.05, 0.1) is 25.4 Å².